The van der Waals surface area contributed by atoms with Gasteiger partial charge in [-0.1, -0.05) is 18.2 Å². The predicted molar refractivity (Wildman–Crippen MR) is 100 cm³/mol. The zero-order valence-corrected chi connectivity index (χ0v) is 15.4. The van der Waals surface area contributed by atoms with Crippen molar-refractivity contribution in [3.63, 3.8) is 0 Å². The molecule has 2 atom stereocenters. The third-order valence-corrected chi connectivity index (χ3v) is 6.13. The summed E-state index contributed by atoms with van der Waals surface area (Å²) in [4.78, 5) is 32.3. The second kappa shape index (κ2) is 5.75. The highest BCUT2D eigenvalue weighted by molar-refractivity contribution is 7.07. The van der Waals surface area contributed by atoms with Gasteiger partial charge >= 0.3 is 0 Å². The van der Waals surface area contributed by atoms with Crippen molar-refractivity contribution in [3.05, 3.63) is 64.4 Å². The topological polar surface area (TPSA) is 80.1 Å². The minimum Gasteiger partial charge on any atom is -0.329 e. The van der Waals surface area contributed by atoms with Crippen LogP contribution in [0.5, 0.6) is 0 Å². The van der Waals surface area contributed by atoms with E-state index in [-0.39, 0.29) is 11.8 Å². The van der Waals surface area contributed by atoms with Gasteiger partial charge in [0, 0.05) is 36.4 Å². The van der Waals surface area contributed by atoms with E-state index in [4.69, 9.17) is 0 Å². The normalized spacial score (nSPS) is 23.7. The fourth-order valence-electron chi connectivity index (χ4n) is 4.42. The lowest BCUT2D eigenvalue weighted by Gasteiger charge is -2.33. The van der Waals surface area contributed by atoms with Gasteiger partial charge in [-0.25, -0.2) is 4.98 Å². The van der Waals surface area contributed by atoms with E-state index >= 15 is 0 Å². The standard InChI is InChI=1S/C19H17N5O2S/c1-23-9-12(8-21-23)16-19(13-4-2-3-5-14(13)22-18(19)26)6-7-24(16)17(25)15-10-27-11-20-15/h2-5,8-11,16H,6-7H2,1H3,(H,22,26). The molecule has 2 aliphatic heterocycles. The molecule has 136 valence electrons. The first-order valence-corrected chi connectivity index (χ1v) is 9.64. The first-order valence-electron chi connectivity index (χ1n) is 8.70. The van der Waals surface area contributed by atoms with Gasteiger partial charge in [0.25, 0.3) is 5.91 Å². The lowest BCUT2D eigenvalue weighted by Crippen LogP contribution is -2.42. The molecule has 1 saturated heterocycles. The van der Waals surface area contributed by atoms with Gasteiger partial charge in [-0.2, -0.15) is 5.10 Å². The summed E-state index contributed by atoms with van der Waals surface area (Å²) in [6.45, 7) is 0.484. The predicted octanol–water partition coefficient (Wildman–Crippen LogP) is 2.35. The van der Waals surface area contributed by atoms with E-state index in [0.717, 1.165) is 16.8 Å². The van der Waals surface area contributed by atoms with Crippen LogP contribution in [0.3, 0.4) is 0 Å². The summed E-state index contributed by atoms with van der Waals surface area (Å²) in [5.74, 6) is -0.217. The Morgan fingerprint density at radius 1 is 1.37 bits per heavy atom. The number of anilines is 1. The number of nitrogens with one attached hydrogen (secondary N) is 1. The van der Waals surface area contributed by atoms with Gasteiger partial charge in [0.15, 0.2) is 0 Å². The van der Waals surface area contributed by atoms with Crippen molar-refractivity contribution in [2.45, 2.75) is 17.9 Å². The van der Waals surface area contributed by atoms with E-state index in [1.165, 1.54) is 11.3 Å². The molecule has 0 bridgehead atoms. The summed E-state index contributed by atoms with van der Waals surface area (Å²) in [5.41, 5.74) is 3.86. The van der Waals surface area contributed by atoms with Gasteiger partial charge in [0.2, 0.25) is 5.91 Å². The van der Waals surface area contributed by atoms with E-state index in [1.807, 2.05) is 37.5 Å². The second-order valence-corrected chi connectivity index (χ2v) is 7.66. The number of benzene rings is 1. The lowest BCUT2D eigenvalue weighted by molar-refractivity contribution is -0.121. The number of thiazole rings is 1. The van der Waals surface area contributed by atoms with E-state index in [9.17, 15) is 9.59 Å². The Labute approximate surface area is 159 Å². The molecule has 2 aromatic heterocycles. The SMILES string of the molecule is Cn1cc(C2N(C(=O)c3cscn3)CCC23C(=O)Nc2ccccc23)cn1. The molecule has 3 aromatic rings. The highest BCUT2D eigenvalue weighted by atomic mass is 32.1. The highest BCUT2D eigenvalue weighted by Gasteiger charge is 2.59. The zero-order valence-electron chi connectivity index (χ0n) is 14.6. The maximum Gasteiger partial charge on any atom is 0.273 e. The fourth-order valence-corrected chi connectivity index (χ4v) is 4.94. The number of likely N-dealkylation sites (tertiary alicyclic amines) is 1. The maximum absolute atomic E-state index is 13.2. The third kappa shape index (κ3) is 2.19. The Morgan fingerprint density at radius 2 is 2.22 bits per heavy atom. The molecule has 2 aliphatic rings. The molecule has 4 heterocycles. The van der Waals surface area contributed by atoms with E-state index in [2.05, 4.69) is 15.4 Å². The van der Waals surface area contributed by atoms with Gasteiger partial charge < -0.3 is 10.2 Å². The molecule has 5 rings (SSSR count). The molecule has 2 amide bonds. The van der Waals surface area contributed by atoms with Crippen molar-refractivity contribution in [2.75, 3.05) is 11.9 Å². The Hall–Kier alpha value is -3.00. The van der Waals surface area contributed by atoms with Crippen LogP contribution < -0.4 is 5.32 Å². The first-order chi connectivity index (χ1) is 13.1. The number of amides is 2. The number of nitrogens with zero attached hydrogens (tertiary/aromatic N) is 4. The molecular weight excluding hydrogens is 362 g/mol. The average molecular weight is 379 g/mol. The van der Waals surface area contributed by atoms with Crippen molar-refractivity contribution >= 4 is 28.8 Å². The van der Waals surface area contributed by atoms with E-state index < -0.39 is 11.5 Å². The molecule has 1 spiro atoms. The number of hydrogen-bond donors (Lipinski definition) is 1. The van der Waals surface area contributed by atoms with Crippen molar-refractivity contribution in [3.8, 4) is 0 Å². The molecule has 0 radical (unpaired) electrons. The molecule has 1 aromatic carbocycles. The summed E-state index contributed by atoms with van der Waals surface area (Å²) in [5, 5.41) is 9.05. The fraction of sp³-hybridized carbons (Fsp3) is 0.263. The maximum atomic E-state index is 13.2. The van der Waals surface area contributed by atoms with Gasteiger partial charge in [0.1, 0.15) is 11.1 Å². The van der Waals surface area contributed by atoms with Crippen molar-refractivity contribution < 1.29 is 9.59 Å². The zero-order chi connectivity index (χ0) is 18.6. The lowest BCUT2D eigenvalue weighted by atomic mass is 9.73. The molecule has 7 nitrogen and oxygen atoms in total. The highest BCUT2D eigenvalue weighted by Crippen LogP contribution is 2.54. The van der Waals surface area contributed by atoms with E-state index in [1.54, 1.807) is 26.7 Å². The molecule has 27 heavy (non-hydrogen) atoms. The number of fused-ring (bicyclic) bond motifs is 2. The minimum absolute atomic E-state index is 0.0638. The first kappa shape index (κ1) is 16.2. The van der Waals surface area contributed by atoms with Crippen molar-refractivity contribution in [1.29, 1.82) is 0 Å². The smallest absolute Gasteiger partial charge is 0.273 e. The Kier molecular flexibility index (Phi) is 3.45. The molecule has 2 unspecified atom stereocenters. The van der Waals surface area contributed by atoms with Gasteiger partial charge in [-0.3, -0.25) is 14.3 Å². The van der Waals surface area contributed by atoms with Crippen LogP contribution in [0.15, 0.2) is 47.5 Å². The third-order valence-electron chi connectivity index (χ3n) is 5.54. The molecule has 8 heteroatoms. The summed E-state index contributed by atoms with van der Waals surface area (Å²) >= 11 is 1.39. The number of hydrogen-bond acceptors (Lipinski definition) is 5. The van der Waals surface area contributed by atoms with Crippen LogP contribution in [-0.2, 0) is 17.3 Å². The van der Waals surface area contributed by atoms with Crippen LogP contribution in [0.25, 0.3) is 0 Å². The molecule has 1 fully saturated rings. The van der Waals surface area contributed by atoms with Crippen molar-refractivity contribution in [1.82, 2.24) is 19.7 Å². The second-order valence-electron chi connectivity index (χ2n) is 6.94. The Bertz CT molecular complexity index is 1040. The van der Waals surface area contributed by atoms with Gasteiger partial charge in [-0.15, -0.1) is 11.3 Å². The Morgan fingerprint density at radius 3 is 2.96 bits per heavy atom. The average Bonchev–Trinajstić information content (AvgIpc) is 3.44. The number of aryl methyl sites for hydroxylation is 1. The van der Waals surface area contributed by atoms with Crippen LogP contribution >= 0.6 is 11.3 Å². The minimum atomic E-state index is -0.814. The Balaban J connectivity index is 1.68. The summed E-state index contributed by atoms with van der Waals surface area (Å²) < 4.78 is 1.70. The van der Waals surface area contributed by atoms with Crippen LogP contribution in [0.4, 0.5) is 5.69 Å². The largest absolute Gasteiger partial charge is 0.329 e. The van der Waals surface area contributed by atoms with Crippen LogP contribution in [0, 0.1) is 0 Å². The molecular formula is C19H17N5O2S. The number of rotatable bonds is 2. The van der Waals surface area contributed by atoms with Crippen molar-refractivity contribution in [2.24, 2.45) is 7.05 Å². The van der Waals surface area contributed by atoms with Crippen LogP contribution in [0.2, 0.25) is 0 Å². The number of aromatic nitrogens is 3. The van der Waals surface area contributed by atoms with E-state index in [0.29, 0.717) is 18.7 Å². The molecule has 0 aliphatic carbocycles. The quantitative estimate of drug-likeness (QED) is 0.741. The van der Waals surface area contributed by atoms with Gasteiger partial charge in [0.05, 0.1) is 17.7 Å². The summed E-state index contributed by atoms with van der Waals surface area (Å²) in [6.07, 6.45) is 4.19. The number of carbonyl (C=O) groups is 2. The monoisotopic (exact) mass is 379 g/mol. The summed E-state index contributed by atoms with van der Waals surface area (Å²) in [7, 11) is 1.83. The van der Waals surface area contributed by atoms with Crippen LogP contribution in [-0.4, -0.2) is 38.0 Å². The molecule has 0 saturated carbocycles. The van der Waals surface area contributed by atoms with Gasteiger partial charge in [-0.05, 0) is 18.1 Å². The summed E-state index contributed by atoms with van der Waals surface area (Å²) in [6, 6.07) is 7.31. The molecule has 1 N–H and O–H groups in total. The number of carbonyl (C=O) groups excluding carboxylic acids is 2. The number of para-hydroxylation sites is 1. The van der Waals surface area contributed by atoms with Crippen LogP contribution in [0.1, 0.15) is 34.1 Å².